The second-order valence-electron chi connectivity index (χ2n) is 7.95. The monoisotopic (exact) mass is 385 g/mol. The number of benzene rings is 2. The summed E-state index contributed by atoms with van der Waals surface area (Å²) >= 11 is 0. The van der Waals surface area contributed by atoms with Crippen LogP contribution in [0.1, 0.15) is 83.6 Å². The Morgan fingerprint density at radius 1 is 0.607 bits per heavy atom. The van der Waals surface area contributed by atoms with Crippen LogP contribution in [0.4, 0.5) is 0 Å². The number of rotatable bonds is 15. The Hall–Kier alpha value is -1.38. The Kier molecular flexibility index (Phi) is 13.7. The van der Waals surface area contributed by atoms with Crippen LogP contribution in [0.25, 0.3) is 10.8 Å². The van der Waals surface area contributed by atoms with E-state index in [0.717, 1.165) is 0 Å². The van der Waals surface area contributed by atoms with Crippen LogP contribution in [-0.2, 0) is 6.42 Å². The van der Waals surface area contributed by atoms with Crippen LogP contribution >= 0.6 is 0 Å². The molecule has 158 valence electrons. The zero-order valence-electron chi connectivity index (χ0n) is 18.4. The summed E-state index contributed by atoms with van der Waals surface area (Å²) in [5, 5.41) is 2.83. The van der Waals surface area contributed by atoms with Gasteiger partial charge in [-0.1, -0.05) is 108 Å². The first kappa shape index (κ1) is 24.7. The number of nitrogens with zero attached hydrogens (tertiary/aromatic N) is 1. The second-order valence-corrected chi connectivity index (χ2v) is 7.95. The molecule has 0 aliphatic rings. The molecule has 0 unspecified atom stereocenters. The van der Waals surface area contributed by atoms with Gasteiger partial charge in [-0.05, 0) is 55.2 Å². The van der Waals surface area contributed by atoms with Gasteiger partial charge in [0.05, 0.1) is 0 Å². The highest BCUT2D eigenvalue weighted by Gasteiger charge is 2.01. The third-order valence-electron chi connectivity index (χ3n) is 5.94. The van der Waals surface area contributed by atoms with Gasteiger partial charge in [0.1, 0.15) is 0 Å². The molecule has 0 aromatic heterocycles. The van der Waals surface area contributed by atoms with Gasteiger partial charge in [0.25, 0.3) is 0 Å². The average Bonchev–Trinajstić information content (AvgIpc) is 2.71. The van der Waals surface area contributed by atoms with E-state index < -0.39 is 0 Å². The van der Waals surface area contributed by atoms with Gasteiger partial charge in [-0.15, -0.1) is 0 Å². The maximum Gasteiger partial charge on any atom is -0.00190 e. The van der Waals surface area contributed by atoms with Crippen LogP contribution in [0.3, 0.4) is 0 Å². The highest BCUT2D eigenvalue weighted by atomic mass is 16.0. The van der Waals surface area contributed by atoms with Gasteiger partial charge >= 0.3 is 0 Å². The molecule has 0 radical (unpaired) electrons. The lowest BCUT2D eigenvalue weighted by atomic mass is 9.99. The maximum atomic E-state index is 2.54. The number of hydrogen-bond acceptors (Lipinski definition) is 1. The van der Waals surface area contributed by atoms with Crippen molar-refractivity contribution in [3.63, 3.8) is 0 Å². The Morgan fingerprint density at radius 2 is 1.14 bits per heavy atom. The SMILES string of the molecule is CCN(CC)CCCCCCCCCCCCc1cccc2ccccc12.O. The van der Waals surface area contributed by atoms with Gasteiger partial charge in [-0.2, -0.15) is 0 Å². The molecule has 0 spiro atoms. The summed E-state index contributed by atoms with van der Waals surface area (Å²) in [6, 6.07) is 15.5. The number of unbranched alkanes of at least 4 members (excludes halogenated alkanes) is 9. The smallest absolute Gasteiger partial charge is 0.00190 e. The van der Waals surface area contributed by atoms with E-state index in [1.54, 1.807) is 0 Å². The predicted molar refractivity (Wildman–Crippen MR) is 125 cm³/mol. The minimum absolute atomic E-state index is 0. The minimum Gasteiger partial charge on any atom is -0.412 e. The van der Waals surface area contributed by atoms with Gasteiger partial charge in [0.2, 0.25) is 0 Å². The average molecular weight is 386 g/mol. The molecule has 28 heavy (non-hydrogen) atoms. The molecular formula is C26H43NO. The largest absolute Gasteiger partial charge is 0.412 e. The summed E-state index contributed by atoms with van der Waals surface area (Å²) in [6.07, 6.45) is 15.3. The van der Waals surface area contributed by atoms with Crippen molar-refractivity contribution in [2.75, 3.05) is 19.6 Å². The zero-order chi connectivity index (χ0) is 19.2. The molecule has 2 N–H and O–H groups in total. The van der Waals surface area contributed by atoms with Gasteiger partial charge in [-0.3, -0.25) is 0 Å². The third kappa shape index (κ3) is 9.21. The van der Waals surface area contributed by atoms with E-state index in [0.29, 0.717) is 0 Å². The summed E-state index contributed by atoms with van der Waals surface area (Å²) < 4.78 is 0. The zero-order valence-corrected chi connectivity index (χ0v) is 18.4. The highest BCUT2D eigenvalue weighted by Crippen LogP contribution is 2.21. The summed E-state index contributed by atoms with van der Waals surface area (Å²) in [5.41, 5.74) is 1.53. The van der Waals surface area contributed by atoms with E-state index in [2.05, 4.69) is 61.2 Å². The first-order chi connectivity index (χ1) is 13.3. The van der Waals surface area contributed by atoms with Gasteiger partial charge in [0, 0.05) is 0 Å². The molecule has 0 aliphatic heterocycles. The third-order valence-corrected chi connectivity index (χ3v) is 5.94. The van der Waals surface area contributed by atoms with E-state index in [4.69, 9.17) is 0 Å². The van der Waals surface area contributed by atoms with E-state index in [1.165, 1.54) is 107 Å². The first-order valence-corrected chi connectivity index (χ1v) is 11.5. The molecule has 2 rings (SSSR count). The van der Waals surface area contributed by atoms with Crippen LogP contribution in [0.5, 0.6) is 0 Å². The Bertz CT molecular complexity index is 615. The van der Waals surface area contributed by atoms with E-state index in [1.807, 2.05) is 0 Å². The van der Waals surface area contributed by atoms with E-state index in [-0.39, 0.29) is 5.48 Å². The standard InChI is InChI=1S/C26H41N.H2O/c1-3-27(4-2)23-16-12-10-8-6-5-7-9-11-13-18-24-20-17-21-25-19-14-15-22-26(24)25;/h14-15,17,19-22H,3-13,16,18,23H2,1-2H3;1H2. The summed E-state index contributed by atoms with van der Waals surface area (Å²) in [4.78, 5) is 2.54. The Balaban J connectivity index is 0.00000392. The van der Waals surface area contributed by atoms with Crippen molar-refractivity contribution < 1.29 is 5.48 Å². The number of fused-ring (bicyclic) bond motifs is 1. The fourth-order valence-electron chi connectivity index (χ4n) is 4.12. The van der Waals surface area contributed by atoms with E-state index in [9.17, 15) is 0 Å². The molecule has 0 heterocycles. The van der Waals surface area contributed by atoms with Crippen LogP contribution in [0.2, 0.25) is 0 Å². The lowest BCUT2D eigenvalue weighted by Gasteiger charge is -2.17. The summed E-state index contributed by atoms with van der Waals surface area (Å²) in [5.74, 6) is 0. The van der Waals surface area contributed by atoms with E-state index >= 15 is 0 Å². The molecule has 2 aromatic rings. The quantitative estimate of drug-likeness (QED) is 0.310. The van der Waals surface area contributed by atoms with Crippen LogP contribution < -0.4 is 0 Å². The van der Waals surface area contributed by atoms with Crippen molar-refractivity contribution in [3.8, 4) is 0 Å². The fourth-order valence-corrected chi connectivity index (χ4v) is 4.12. The molecule has 0 fully saturated rings. The molecular weight excluding hydrogens is 342 g/mol. The predicted octanol–water partition coefficient (Wildman–Crippen LogP) is 6.80. The van der Waals surface area contributed by atoms with Crippen LogP contribution in [0.15, 0.2) is 42.5 Å². The van der Waals surface area contributed by atoms with Crippen molar-refractivity contribution >= 4 is 10.8 Å². The molecule has 0 saturated carbocycles. The van der Waals surface area contributed by atoms with Crippen molar-refractivity contribution in [2.45, 2.75) is 84.5 Å². The molecule has 0 bridgehead atoms. The van der Waals surface area contributed by atoms with Gasteiger partial charge < -0.3 is 10.4 Å². The van der Waals surface area contributed by atoms with Crippen LogP contribution in [0, 0.1) is 0 Å². The lowest BCUT2D eigenvalue weighted by Crippen LogP contribution is -2.23. The molecule has 0 aliphatic carbocycles. The normalized spacial score (nSPS) is 11.1. The molecule has 2 nitrogen and oxygen atoms in total. The Morgan fingerprint density at radius 3 is 1.79 bits per heavy atom. The van der Waals surface area contributed by atoms with Crippen molar-refractivity contribution in [2.24, 2.45) is 0 Å². The lowest BCUT2D eigenvalue weighted by molar-refractivity contribution is 0.295. The topological polar surface area (TPSA) is 34.7 Å². The van der Waals surface area contributed by atoms with Crippen molar-refractivity contribution in [3.05, 3.63) is 48.0 Å². The molecule has 2 heteroatoms. The van der Waals surface area contributed by atoms with Gasteiger partial charge in [0.15, 0.2) is 0 Å². The van der Waals surface area contributed by atoms with Crippen molar-refractivity contribution in [1.82, 2.24) is 4.90 Å². The molecule has 0 amide bonds. The fraction of sp³-hybridized carbons (Fsp3) is 0.615. The Labute approximate surface area is 173 Å². The number of aryl methyl sites for hydroxylation is 1. The minimum atomic E-state index is 0. The van der Waals surface area contributed by atoms with Crippen molar-refractivity contribution in [1.29, 1.82) is 0 Å². The summed E-state index contributed by atoms with van der Waals surface area (Å²) in [7, 11) is 0. The molecule has 2 aromatic carbocycles. The van der Waals surface area contributed by atoms with Gasteiger partial charge in [-0.25, -0.2) is 0 Å². The maximum absolute atomic E-state index is 2.54. The number of hydrogen-bond donors (Lipinski definition) is 0. The summed E-state index contributed by atoms with van der Waals surface area (Å²) in [6.45, 7) is 8.24. The first-order valence-electron chi connectivity index (χ1n) is 11.5. The highest BCUT2D eigenvalue weighted by molar-refractivity contribution is 5.85. The van der Waals surface area contributed by atoms with Crippen LogP contribution in [-0.4, -0.2) is 30.0 Å². The second kappa shape index (κ2) is 15.5. The molecule has 0 atom stereocenters. The molecule has 0 saturated heterocycles.